The Morgan fingerprint density at radius 1 is 1.38 bits per heavy atom. The molecule has 3 heteroatoms. The fourth-order valence-corrected chi connectivity index (χ4v) is 2.53. The van der Waals surface area contributed by atoms with Gasteiger partial charge in [-0.1, -0.05) is 6.92 Å². The van der Waals surface area contributed by atoms with Crippen LogP contribution in [0.15, 0.2) is 18.2 Å². The van der Waals surface area contributed by atoms with E-state index in [4.69, 9.17) is 5.73 Å². The Labute approximate surface area is 96.9 Å². The number of anilines is 2. The predicted octanol–water partition coefficient (Wildman–Crippen LogP) is 1.96. The van der Waals surface area contributed by atoms with Crippen LogP contribution in [-0.2, 0) is 0 Å². The lowest BCUT2D eigenvalue weighted by molar-refractivity contribution is 0.0724. The van der Waals surface area contributed by atoms with Crippen LogP contribution in [0.25, 0.3) is 0 Å². The van der Waals surface area contributed by atoms with Crippen LogP contribution in [0.1, 0.15) is 32.3 Å². The van der Waals surface area contributed by atoms with Crippen molar-refractivity contribution in [3.05, 3.63) is 23.8 Å². The summed E-state index contributed by atoms with van der Waals surface area (Å²) in [5, 5.41) is 10.3. The second-order valence-electron chi connectivity index (χ2n) is 5.26. The van der Waals surface area contributed by atoms with Crippen molar-refractivity contribution >= 4 is 11.4 Å². The van der Waals surface area contributed by atoms with Crippen molar-refractivity contribution in [1.29, 1.82) is 0 Å². The molecule has 0 saturated carbocycles. The maximum atomic E-state index is 10.3. The molecule has 0 amide bonds. The fourth-order valence-electron chi connectivity index (χ4n) is 2.53. The second-order valence-corrected chi connectivity index (χ2v) is 5.26. The molecule has 88 valence electrons. The molecule has 1 heterocycles. The number of likely N-dealkylation sites (N-methyl/N-ethyl adjacent to an activating group) is 1. The van der Waals surface area contributed by atoms with Crippen molar-refractivity contribution in [3.63, 3.8) is 0 Å². The van der Waals surface area contributed by atoms with E-state index in [1.54, 1.807) is 0 Å². The molecule has 0 fully saturated rings. The van der Waals surface area contributed by atoms with Gasteiger partial charge >= 0.3 is 0 Å². The van der Waals surface area contributed by atoms with Crippen LogP contribution in [0.2, 0.25) is 0 Å². The molecule has 3 nitrogen and oxygen atoms in total. The Balaban J connectivity index is 2.59. The maximum absolute atomic E-state index is 10.3. The summed E-state index contributed by atoms with van der Waals surface area (Å²) in [7, 11) is 2.02. The number of rotatable bonds is 0. The summed E-state index contributed by atoms with van der Waals surface area (Å²) in [4.78, 5) is 2.13. The Morgan fingerprint density at radius 3 is 2.62 bits per heavy atom. The van der Waals surface area contributed by atoms with Crippen molar-refractivity contribution < 1.29 is 5.11 Å². The highest BCUT2D eigenvalue weighted by Gasteiger charge is 2.42. The lowest BCUT2D eigenvalue weighted by Crippen LogP contribution is -2.56. The number of hydrogen-bond donors (Lipinski definition) is 2. The van der Waals surface area contributed by atoms with Crippen molar-refractivity contribution in [3.8, 4) is 0 Å². The molecule has 2 rings (SSSR count). The Morgan fingerprint density at radius 2 is 2.00 bits per heavy atom. The highest BCUT2D eigenvalue weighted by Crippen LogP contribution is 2.43. The monoisotopic (exact) mass is 220 g/mol. The minimum atomic E-state index is -0.383. The van der Waals surface area contributed by atoms with Crippen LogP contribution in [0, 0.1) is 0 Å². The van der Waals surface area contributed by atoms with Crippen LogP contribution < -0.4 is 10.6 Å². The topological polar surface area (TPSA) is 49.5 Å². The first-order valence-corrected chi connectivity index (χ1v) is 5.67. The molecule has 0 bridgehead atoms. The van der Waals surface area contributed by atoms with Crippen LogP contribution in [-0.4, -0.2) is 23.8 Å². The van der Waals surface area contributed by atoms with Gasteiger partial charge in [-0.3, -0.25) is 0 Å². The van der Waals surface area contributed by atoms with E-state index in [0.29, 0.717) is 0 Å². The van der Waals surface area contributed by atoms with Crippen molar-refractivity contribution in [2.45, 2.75) is 38.3 Å². The zero-order valence-corrected chi connectivity index (χ0v) is 10.4. The van der Waals surface area contributed by atoms with E-state index in [2.05, 4.69) is 25.7 Å². The van der Waals surface area contributed by atoms with Crippen molar-refractivity contribution in [1.82, 2.24) is 0 Å². The quantitative estimate of drug-likeness (QED) is 0.657. The van der Waals surface area contributed by atoms with Gasteiger partial charge in [-0.05, 0) is 37.6 Å². The lowest BCUT2D eigenvalue weighted by atomic mass is 9.77. The van der Waals surface area contributed by atoms with Gasteiger partial charge in [0.15, 0.2) is 0 Å². The lowest BCUT2D eigenvalue weighted by Gasteiger charge is -2.49. The van der Waals surface area contributed by atoms with Crippen molar-refractivity contribution in [2.24, 2.45) is 0 Å². The highest BCUT2D eigenvalue weighted by molar-refractivity contribution is 5.64. The zero-order valence-electron chi connectivity index (χ0n) is 10.4. The molecule has 0 aliphatic carbocycles. The smallest absolute Gasteiger partial charge is 0.0832 e. The number of nitrogen functional groups attached to an aromatic ring is 1. The number of aliphatic hydroxyl groups is 1. The van der Waals surface area contributed by atoms with Gasteiger partial charge in [-0.15, -0.1) is 0 Å². The molecule has 1 aliphatic rings. The molecule has 0 radical (unpaired) electrons. The van der Waals surface area contributed by atoms with Crippen LogP contribution >= 0.6 is 0 Å². The van der Waals surface area contributed by atoms with Gasteiger partial charge in [-0.2, -0.15) is 0 Å². The van der Waals surface area contributed by atoms with Gasteiger partial charge < -0.3 is 15.7 Å². The Hall–Kier alpha value is -1.22. The summed E-state index contributed by atoms with van der Waals surface area (Å²) in [6, 6.07) is 5.92. The summed E-state index contributed by atoms with van der Waals surface area (Å²) in [5.74, 6) is 0.115. The fraction of sp³-hybridized carbons (Fsp3) is 0.538. The van der Waals surface area contributed by atoms with E-state index in [9.17, 15) is 5.11 Å². The molecule has 16 heavy (non-hydrogen) atoms. The summed E-state index contributed by atoms with van der Waals surface area (Å²) < 4.78 is 0. The number of hydrogen-bond acceptors (Lipinski definition) is 3. The maximum Gasteiger partial charge on any atom is 0.0832 e. The number of nitrogens with zero attached hydrogens (tertiary/aromatic N) is 1. The summed E-state index contributed by atoms with van der Waals surface area (Å²) in [6.45, 7) is 6.18. The third-order valence-corrected chi connectivity index (χ3v) is 3.97. The van der Waals surface area contributed by atoms with E-state index < -0.39 is 0 Å². The second kappa shape index (κ2) is 3.39. The molecular formula is C13H20N2O. The van der Waals surface area contributed by atoms with E-state index in [1.807, 2.05) is 25.2 Å². The minimum absolute atomic E-state index is 0.115. The van der Waals surface area contributed by atoms with E-state index in [-0.39, 0.29) is 17.6 Å². The normalized spacial score (nSPS) is 27.7. The van der Waals surface area contributed by atoms with Gasteiger partial charge in [0.2, 0.25) is 0 Å². The van der Waals surface area contributed by atoms with Gasteiger partial charge in [-0.25, -0.2) is 0 Å². The molecule has 3 N–H and O–H groups in total. The average molecular weight is 220 g/mol. The third kappa shape index (κ3) is 1.39. The summed E-state index contributed by atoms with van der Waals surface area (Å²) in [5.41, 5.74) is 8.61. The number of nitrogens with two attached hydrogens (primary N) is 1. The molecule has 1 aromatic carbocycles. The van der Waals surface area contributed by atoms with Gasteiger partial charge in [0, 0.05) is 24.3 Å². The van der Waals surface area contributed by atoms with Gasteiger partial charge in [0.05, 0.1) is 11.6 Å². The number of aliphatic hydroxyl groups excluding tert-OH is 1. The molecule has 0 aromatic heterocycles. The first-order valence-electron chi connectivity index (χ1n) is 5.67. The van der Waals surface area contributed by atoms with E-state index >= 15 is 0 Å². The summed E-state index contributed by atoms with van der Waals surface area (Å²) >= 11 is 0. The highest BCUT2D eigenvalue weighted by atomic mass is 16.3. The van der Waals surface area contributed by atoms with E-state index in [0.717, 1.165) is 16.9 Å². The van der Waals surface area contributed by atoms with E-state index in [1.165, 1.54) is 0 Å². The van der Waals surface area contributed by atoms with Crippen LogP contribution in [0.5, 0.6) is 0 Å². The molecule has 0 saturated heterocycles. The first kappa shape index (κ1) is 11.3. The molecule has 1 aromatic rings. The SMILES string of the molecule is CC1c2cc(N)ccc2N(C)C(C)(C)C1O. The standard InChI is InChI=1S/C13H20N2O/c1-8-10-7-9(14)5-6-11(10)15(4)13(2,3)12(8)16/h5-8,12,16H,14H2,1-4H3. The largest absolute Gasteiger partial charge is 0.399 e. The van der Waals surface area contributed by atoms with Gasteiger partial charge in [0.1, 0.15) is 0 Å². The molecule has 0 spiro atoms. The first-order chi connectivity index (χ1) is 7.35. The zero-order chi connectivity index (χ0) is 12.1. The molecule has 2 atom stereocenters. The molecule has 2 unspecified atom stereocenters. The Bertz CT molecular complexity index is 414. The number of benzene rings is 1. The van der Waals surface area contributed by atoms with Crippen LogP contribution in [0.4, 0.5) is 11.4 Å². The third-order valence-electron chi connectivity index (χ3n) is 3.97. The Kier molecular flexibility index (Phi) is 2.39. The minimum Gasteiger partial charge on any atom is -0.399 e. The van der Waals surface area contributed by atoms with Crippen LogP contribution in [0.3, 0.4) is 0 Å². The average Bonchev–Trinajstić information content (AvgIpc) is 2.24. The number of fused-ring (bicyclic) bond motifs is 1. The van der Waals surface area contributed by atoms with Crippen molar-refractivity contribution in [2.75, 3.05) is 17.7 Å². The molecule has 1 aliphatic heterocycles. The predicted molar refractivity (Wildman–Crippen MR) is 67.8 cm³/mol. The summed E-state index contributed by atoms with van der Waals surface area (Å²) in [6.07, 6.45) is -0.383. The van der Waals surface area contributed by atoms with Gasteiger partial charge in [0.25, 0.3) is 0 Å². The molecular weight excluding hydrogens is 200 g/mol.